The van der Waals surface area contributed by atoms with Crippen molar-refractivity contribution in [3.05, 3.63) is 0 Å². The Hall–Kier alpha value is -1.10. The molecule has 5 heteroatoms. The number of nitrogens with one attached hydrogen (secondary N) is 1. The number of amides is 2. The van der Waals surface area contributed by atoms with Gasteiger partial charge >= 0.3 is 0 Å². The first-order valence-electron chi connectivity index (χ1n) is 8.25. The summed E-state index contributed by atoms with van der Waals surface area (Å²) in [4.78, 5) is 26.4. The lowest BCUT2D eigenvalue weighted by atomic mass is 9.77. The fraction of sp³-hybridized carbons (Fsp3) is 0.875. The van der Waals surface area contributed by atoms with Crippen LogP contribution in [0.4, 0.5) is 0 Å². The van der Waals surface area contributed by atoms with Gasteiger partial charge in [0, 0.05) is 18.0 Å². The number of carbonyl (C=O) groups is 2. The zero-order valence-corrected chi connectivity index (χ0v) is 13.4. The summed E-state index contributed by atoms with van der Waals surface area (Å²) in [5, 5.41) is 3.28. The number of hydrogen-bond acceptors (Lipinski definition) is 3. The molecule has 1 saturated carbocycles. The molecule has 1 heterocycles. The average molecular weight is 295 g/mol. The van der Waals surface area contributed by atoms with Crippen molar-refractivity contribution < 1.29 is 9.59 Å². The summed E-state index contributed by atoms with van der Waals surface area (Å²) in [5.74, 6) is 0.248. The molecule has 0 aromatic rings. The molecule has 21 heavy (non-hydrogen) atoms. The lowest BCUT2D eigenvalue weighted by molar-refractivity contribution is -0.147. The number of nitrogens with zero attached hydrogens (tertiary/aromatic N) is 1. The minimum atomic E-state index is -0.409. The Morgan fingerprint density at radius 1 is 1.33 bits per heavy atom. The van der Waals surface area contributed by atoms with E-state index >= 15 is 0 Å². The van der Waals surface area contributed by atoms with E-state index in [0.717, 1.165) is 51.6 Å². The zero-order valence-electron chi connectivity index (χ0n) is 13.4. The highest BCUT2D eigenvalue weighted by atomic mass is 16.2. The molecule has 1 atom stereocenters. The summed E-state index contributed by atoms with van der Waals surface area (Å²) in [6.45, 7) is 6.08. The van der Waals surface area contributed by atoms with Crippen molar-refractivity contribution in [3.63, 3.8) is 0 Å². The first-order chi connectivity index (χ1) is 9.94. The quantitative estimate of drug-likeness (QED) is 0.775. The number of hydrogen-bond donors (Lipinski definition) is 2. The van der Waals surface area contributed by atoms with E-state index in [1.54, 1.807) is 4.90 Å². The first-order valence-corrected chi connectivity index (χ1v) is 8.25. The number of nitrogens with two attached hydrogens (primary N) is 1. The minimum absolute atomic E-state index is 0.0605. The van der Waals surface area contributed by atoms with Gasteiger partial charge in [0.15, 0.2) is 0 Å². The monoisotopic (exact) mass is 295 g/mol. The normalized spacial score (nSPS) is 24.4. The summed E-state index contributed by atoms with van der Waals surface area (Å²) < 4.78 is 0. The van der Waals surface area contributed by atoms with Crippen molar-refractivity contribution in [3.8, 4) is 0 Å². The molecule has 0 bridgehead atoms. The summed E-state index contributed by atoms with van der Waals surface area (Å²) in [6, 6.07) is 0.120. The highest BCUT2D eigenvalue weighted by Gasteiger charge is 2.45. The molecule has 0 aromatic heterocycles. The van der Waals surface area contributed by atoms with Crippen molar-refractivity contribution in [1.82, 2.24) is 10.2 Å². The molecule has 1 aliphatic carbocycles. The number of primary amides is 1. The predicted molar refractivity (Wildman–Crippen MR) is 82.5 cm³/mol. The topological polar surface area (TPSA) is 75.4 Å². The molecule has 5 nitrogen and oxygen atoms in total. The fourth-order valence-corrected chi connectivity index (χ4v) is 4.08. The molecule has 0 radical (unpaired) electrons. The Bertz CT molecular complexity index is 383. The van der Waals surface area contributed by atoms with Gasteiger partial charge in [-0.3, -0.25) is 9.59 Å². The van der Waals surface area contributed by atoms with Gasteiger partial charge < -0.3 is 16.0 Å². The Labute approximate surface area is 127 Å². The molecule has 0 aromatic carbocycles. The van der Waals surface area contributed by atoms with Crippen LogP contribution in [0.15, 0.2) is 0 Å². The largest absolute Gasteiger partial charge is 0.368 e. The third-order valence-electron chi connectivity index (χ3n) is 4.88. The van der Waals surface area contributed by atoms with Crippen molar-refractivity contribution in [2.45, 2.75) is 58.4 Å². The van der Waals surface area contributed by atoms with Crippen LogP contribution in [-0.4, -0.2) is 42.4 Å². The second-order valence-electron chi connectivity index (χ2n) is 7.13. The van der Waals surface area contributed by atoms with E-state index in [-0.39, 0.29) is 23.9 Å². The van der Waals surface area contributed by atoms with Crippen LogP contribution in [-0.2, 0) is 9.59 Å². The van der Waals surface area contributed by atoms with E-state index < -0.39 is 5.91 Å². The molecule has 120 valence electrons. The van der Waals surface area contributed by atoms with Crippen LogP contribution in [0.1, 0.15) is 52.4 Å². The van der Waals surface area contributed by atoms with Crippen molar-refractivity contribution in [1.29, 1.82) is 0 Å². The Morgan fingerprint density at radius 2 is 2.00 bits per heavy atom. The van der Waals surface area contributed by atoms with Crippen LogP contribution < -0.4 is 11.1 Å². The van der Waals surface area contributed by atoms with Crippen LogP contribution >= 0.6 is 0 Å². The van der Waals surface area contributed by atoms with Crippen molar-refractivity contribution >= 4 is 11.8 Å². The van der Waals surface area contributed by atoms with E-state index in [1.807, 2.05) is 0 Å². The average Bonchev–Trinajstić information content (AvgIpc) is 3.05. The van der Waals surface area contributed by atoms with Crippen molar-refractivity contribution in [2.75, 3.05) is 19.6 Å². The van der Waals surface area contributed by atoms with E-state index in [2.05, 4.69) is 19.2 Å². The van der Waals surface area contributed by atoms with Gasteiger partial charge in [0.25, 0.3) is 0 Å². The molecule has 3 N–H and O–H groups in total. The maximum absolute atomic E-state index is 13.2. The molecular formula is C16H29N3O2. The molecule has 1 saturated heterocycles. The molecule has 2 fully saturated rings. The third kappa shape index (κ3) is 3.76. The van der Waals surface area contributed by atoms with Crippen LogP contribution in [0.2, 0.25) is 0 Å². The maximum Gasteiger partial charge on any atom is 0.237 e. The SMILES string of the molecule is CC(C)CC1(C(=O)N(CC(N)=O)C2CCNC2)CCCC1. The lowest BCUT2D eigenvalue weighted by Gasteiger charge is -2.38. The smallest absolute Gasteiger partial charge is 0.237 e. The van der Waals surface area contributed by atoms with Crippen LogP contribution in [0.3, 0.4) is 0 Å². The summed E-state index contributed by atoms with van der Waals surface area (Å²) in [7, 11) is 0. The van der Waals surface area contributed by atoms with Gasteiger partial charge in [-0.15, -0.1) is 0 Å². The van der Waals surface area contributed by atoms with E-state index in [9.17, 15) is 9.59 Å². The van der Waals surface area contributed by atoms with Gasteiger partial charge in [-0.1, -0.05) is 26.7 Å². The van der Waals surface area contributed by atoms with E-state index in [1.165, 1.54) is 0 Å². The second kappa shape index (κ2) is 6.77. The van der Waals surface area contributed by atoms with Gasteiger partial charge in [-0.05, 0) is 38.1 Å². The predicted octanol–water partition coefficient (Wildman–Crippen LogP) is 1.27. The molecule has 1 unspecified atom stereocenters. The molecule has 2 aliphatic rings. The zero-order chi connectivity index (χ0) is 15.5. The van der Waals surface area contributed by atoms with Gasteiger partial charge in [0.2, 0.25) is 11.8 Å². The Kier molecular flexibility index (Phi) is 5.25. The van der Waals surface area contributed by atoms with E-state index in [4.69, 9.17) is 5.73 Å². The maximum atomic E-state index is 13.2. The molecule has 0 spiro atoms. The lowest BCUT2D eigenvalue weighted by Crippen LogP contribution is -2.52. The standard InChI is InChI=1S/C16H29N3O2/c1-12(2)9-16(6-3-4-7-16)15(21)19(11-14(17)20)13-5-8-18-10-13/h12-13,18H,3-11H2,1-2H3,(H2,17,20). The minimum Gasteiger partial charge on any atom is -0.368 e. The summed E-state index contributed by atoms with van der Waals surface area (Å²) in [6.07, 6.45) is 5.98. The van der Waals surface area contributed by atoms with Gasteiger partial charge in [0.1, 0.15) is 0 Å². The van der Waals surface area contributed by atoms with Gasteiger partial charge in [0.05, 0.1) is 6.54 Å². The molecule has 2 amide bonds. The fourth-order valence-electron chi connectivity index (χ4n) is 4.08. The highest BCUT2D eigenvalue weighted by molar-refractivity contribution is 5.88. The van der Waals surface area contributed by atoms with Gasteiger partial charge in [-0.25, -0.2) is 0 Å². The highest BCUT2D eigenvalue weighted by Crippen LogP contribution is 2.45. The van der Waals surface area contributed by atoms with Crippen LogP contribution in [0.25, 0.3) is 0 Å². The molecule has 1 aliphatic heterocycles. The first kappa shape index (κ1) is 16.3. The summed E-state index contributed by atoms with van der Waals surface area (Å²) in [5.41, 5.74) is 5.13. The molecular weight excluding hydrogens is 266 g/mol. The Balaban J connectivity index is 2.19. The second-order valence-corrected chi connectivity index (χ2v) is 7.13. The van der Waals surface area contributed by atoms with Crippen molar-refractivity contribution in [2.24, 2.45) is 17.1 Å². The van der Waals surface area contributed by atoms with Crippen LogP contribution in [0.5, 0.6) is 0 Å². The van der Waals surface area contributed by atoms with Crippen LogP contribution in [0, 0.1) is 11.3 Å². The number of rotatable bonds is 6. The summed E-state index contributed by atoms with van der Waals surface area (Å²) >= 11 is 0. The Morgan fingerprint density at radius 3 is 2.48 bits per heavy atom. The number of carbonyl (C=O) groups excluding carboxylic acids is 2. The molecule has 2 rings (SSSR count). The van der Waals surface area contributed by atoms with Gasteiger partial charge in [-0.2, -0.15) is 0 Å². The van der Waals surface area contributed by atoms with E-state index in [0.29, 0.717) is 5.92 Å². The third-order valence-corrected chi connectivity index (χ3v) is 4.88.